The lowest BCUT2D eigenvalue weighted by Crippen LogP contribution is -1.83. The Balaban J connectivity index is 2.58. The van der Waals surface area contributed by atoms with Crippen LogP contribution in [0.15, 0.2) is 42.6 Å². The van der Waals surface area contributed by atoms with E-state index in [0.29, 0.717) is 10.7 Å². The monoisotopic (exact) mass is 205 g/mol. The summed E-state index contributed by atoms with van der Waals surface area (Å²) in [5, 5.41) is 9.97. The van der Waals surface area contributed by atoms with Crippen LogP contribution in [-0.2, 0) is 0 Å². The van der Waals surface area contributed by atoms with Crippen LogP contribution in [0.3, 0.4) is 0 Å². The van der Waals surface area contributed by atoms with Gasteiger partial charge in [-0.1, -0.05) is 41.9 Å². The highest BCUT2D eigenvalue weighted by molar-refractivity contribution is 6.32. The standard InChI is InChI=1S/C11H8ClNO/c12-9-6-7-13-10(11(9)14)8-4-2-1-3-5-8/h1-7,14H. The van der Waals surface area contributed by atoms with Gasteiger partial charge in [-0.25, -0.2) is 0 Å². The highest BCUT2D eigenvalue weighted by atomic mass is 35.5. The first kappa shape index (κ1) is 9.03. The summed E-state index contributed by atoms with van der Waals surface area (Å²) >= 11 is 5.77. The number of aromatic hydroxyl groups is 1. The zero-order chi connectivity index (χ0) is 9.97. The van der Waals surface area contributed by atoms with Crippen molar-refractivity contribution in [1.82, 2.24) is 4.98 Å². The second kappa shape index (κ2) is 3.68. The summed E-state index contributed by atoms with van der Waals surface area (Å²) in [4.78, 5) is 4.07. The largest absolute Gasteiger partial charge is 0.504 e. The molecule has 0 atom stereocenters. The van der Waals surface area contributed by atoms with Crippen molar-refractivity contribution in [2.75, 3.05) is 0 Å². The molecular formula is C11H8ClNO. The second-order valence-electron chi connectivity index (χ2n) is 2.86. The molecule has 0 aliphatic rings. The average Bonchev–Trinajstić information content (AvgIpc) is 2.23. The van der Waals surface area contributed by atoms with E-state index >= 15 is 0 Å². The van der Waals surface area contributed by atoms with Crippen LogP contribution >= 0.6 is 11.6 Å². The van der Waals surface area contributed by atoms with Gasteiger partial charge in [-0.2, -0.15) is 0 Å². The third kappa shape index (κ3) is 1.56. The molecule has 1 heterocycles. The van der Waals surface area contributed by atoms with Crippen molar-refractivity contribution in [2.45, 2.75) is 0 Å². The SMILES string of the molecule is Oc1c(Cl)ccnc1-c1ccccc1. The Kier molecular flexibility index (Phi) is 2.37. The van der Waals surface area contributed by atoms with Crippen molar-refractivity contribution < 1.29 is 5.11 Å². The van der Waals surface area contributed by atoms with E-state index in [1.807, 2.05) is 30.3 Å². The Bertz CT molecular complexity index is 442. The maximum atomic E-state index is 9.66. The van der Waals surface area contributed by atoms with Gasteiger partial charge in [0.1, 0.15) is 5.69 Å². The zero-order valence-corrected chi connectivity index (χ0v) is 8.07. The molecule has 0 unspecified atom stereocenters. The van der Waals surface area contributed by atoms with Gasteiger partial charge in [0, 0.05) is 11.8 Å². The average molecular weight is 206 g/mol. The molecule has 1 N–H and O–H groups in total. The quantitative estimate of drug-likeness (QED) is 0.776. The maximum Gasteiger partial charge on any atom is 0.160 e. The first-order valence-corrected chi connectivity index (χ1v) is 4.56. The van der Waals surface area contributed by atoms with Gasteiger partial charge in [-0.15, -0.1) is 0 Å². The molecule has 1 aromatic carbocycles. The third-order valence-electron chi connectivity index (χ3n) is 1.92. The third-order valence-corrected chi connectivity index (χ3v) is 2.23. The zero-order valence-electron chi connectivity index (χ0n) is 7.31. The van der Waals surface area contributed by atoms with Crippen molar-refractivity contribution in [3.63, 3.8) is 0 Å². The molecule has 0 spiro atoms. The second-order valence-corrected chi connectivity index (χ2v) is 3.26. The van der Waals surface area contributed by atoms with Gasteiger partial charge in [-0.3, -0.25) is 4.98 Å². The van der Waals surface area contributed by atoms with Crippen molar-refractivity contribution in [2.24, 2.45) is 0 Å². The molecule has 14 heavy (non-hydrogen) atoms. The molecule has 0 aliphatic carbocycles. The molecule has 0 aliphatic heterocycles. The molecule has 2 rings (SSSR count). The lowest BCUT2D eigenvalue weighted by molar-refractivity contribution is 0.475. The molecule has 0 saturated heterocycles. The summed E-state index contributed by atoms with van der Waals surface area (Å²) in [5.41, 5.74) is 1.37. The van der Waals surface area contributed by atoms with Crippen molar-refractivity contribution in [1.29, 1.82) is 0 Å². The molecule has 0 amide bonds. The number of hydrogen-bond donors (Lipinski definition) is 1. The Morgan fingerprint density at radius 2 is 1.79 bits per heavy atom. The number of benzene rings is 1. The maximum absolute atomic E-state index is 9.66. The van der Waals surface area contributed by atoms with Crippen LogP contribution in [0.25, 0.3) is 11.3 Å². The molecule has 1 aromatic heterocycles. The van der Waals surface area contributed by atoms with E-state index in [2.05, 4.69) is 4.98 Å². The molecule has 70 valence electrons. The van der Waals surface area contributed by atoms with Crippen LogP contribution in [0.4, 0.5) is 0 Å². The topological polar surface area (TPSA) is 33.1 Å². The van der Waals surface area contributed by atoms with E-state index in [4.69, 9.17) is 11.6 Å². The molecule has 0 bridgehead atoms. The van der Waals surface area contributed by atoms with Crippen molar-refractivity contribution >= 4 is 11.6 Å². The summed E-state index contributed by atoms with van der Waals surface area (Å²) in [6.07, 6.45) is 1.57. The minimum absolute atomic E-state index is 0.0281. The van der Waals surface area contributed by atoms with Gasteiger partial charge in [0.15, 0.2) is 5.75 Å². The fourth-order valence-electron chi connectivity index (χ4n) is 1.24. The van der Waals surface area contributed by atoms with Gasteiger partial charge in [0.25, 0.3) is 0 Å². The van der Waals surface area contributed by atoms with Crippen LogP contribution in [0.2, 0.25) is 5.02 Å². The highest BCUT2D eigenvalue weighted by Gasteiger charge is 2.07. The van der Waals surface area contributed by atoms with E-state index in [1.165, 1.54) is 0 Å². The molecule has 0 radical (unpaired) electrons. The van der Waals surface area contributed by atoms with E-state index in [-0.39, 0.29) is 5.75 Å². The van der Waals surface area contributed by atoms with Crippen LogP contribution in [0, 0.1) is 0 Å². The minimum Gasteiger partial charge on any atom is -0.504 e. The molecule has 3 heteroatoms. The normalized spacial score (nSPS) is 10.1. The van der Waals surface area contributed by atoms with Crippen molar-refractivity contribution in [3.8, 4) is 17.0 Å². The van der Waals surface area contributed by atoms with Gasteiger partial charge in [0.05, 0.1) is 5.02 Å². The molecule has 2 nitrogen and oxygen atoms in total. The van der Waals surface area contributed by atoms with Gasteiger partial charge in [0.2, 0.25) is 0 Å². The Morgan fingerprint density at radius 1 is 1.07 bits per heavy atom. The van der Waals surface area contributed by atoms with Gasteiger partial charge >= 0.3 is 0 Å². The van der Waals surface area contributed by atoms with Crippen LogP contribution in [-0.4, -0.2) is 10.1 Å². The van der Waals surface area contributed by atoms with E-state index in [0.717, 1.165) is 5.56 Å². The smallest absolute Gasteiger partial charge is 0.160 e. The van der Waals surface area contributed by atoms with Crippen LogP contribution in [0.1, 0.15) is 0 Å². The molecule has 0 saturated carbocycles. The molecular weight excluding hydrogens is 198 g/mol. The Morgan fingerprint density at radius 3 is 2.50 bits per heavy atom. The fraction of sp³-hybridized carbons (Fsp3) is 0. The van der Waals surface area contributed by atoms with Crippen LogP contribution in [0.5, 0.6) is 5.75 Å². The summed E-state index contributed by atoms with van der Waals surface area (Å²) in [7, 11) is 0. The number of halogens is 1. The highest BCUT2D eigenvalue weighted by Crippen LogP contribution is 2.32. The lowest BCUT2D eigenvalue weighted by atomic mass is 10.1. The number of rotatable bonds is 1. The van der Waals surface area contributed by atoms with Gasteiger partial charge in [-0.05, 0) is 6.07 Å². The fourth-order valence-corrected chi connectivity index (χ4v) is 1.38. The lowest BCUT2D eigenvalue weighted by Gasteiger charge is -2.03. The number of pyridine rings is 1. The first-order chi connectivity index (χ1) is 6.79. The predicted molar refractivity (Wildman–Crippen MR) is 56.3 cm³/mol. The summed E-state index contributed by atoms with van der Waals surface area (Å²) in [6, 6.07) is 11.0. The summed E-state index contributed by atoms with van der Waals surface area (Å²) in [6.45, 7) is 0. The Hall–Kier alpha value is -1.54. The van der Waals surface area contributed by atoms with Crippen LogP contribution < -0.4 is 0 Å². The van der Waals surface area contributed by atoms with E-state index in [1.54, 1.807) is 12.3 Å². The number of nitrogens with zero attached hydrogens (tertiary/aromatic N) is 1. The van der Waals surface area contributed by atoms with E-state index < -0.39 is 0 Å². The minimum atomic E-state index is 0.0281. The van der Waals surface area contributed by atoms with Crippen molar-refractivity contribution in [3.05, 3.63) is 47.6 Å². The summed E-state index contributed by atoms with van der Waals surface area (Å²) < 4.78 is 0. The first-order valence-electron chi connectivity index (χ1n) is 4.18. The number of hydrogen-bond acceptors (Lipinski definition) is 2. The molecule has 2 aromatic rings. The molecule has 0 fully saturated rings. The van der Waals surface area contributed by atoms with Gasteiger partial charge < -0.3 is 5.11 Å². The van der Waals surface area contributed by atoms with E-state index in [9.17, 15) is 5.11 Å². The number of aromatic nitrogens is 1. The summed E-state index contributed by atoms with van der Waals surface area (Å²) in [5.74, 6) is 0.0281. The predicted octanol–water partition coefficient (Wildman–Crippen LogP) is 3.11. The Labute approximate surface area is 86.8 Å².